The van der Waals surface area contributed by atoms with Crippen molar-refractivity contribution in [3.8, 4) is 0 Å². The summed E-state index contributed by atoms with van der Waals surface area (Å²) in [6.45, 7) is 4.64. The van der Waals surface area contributed by atoms with E-state index in [2.05, 4.69) is 0 Å². The van der Waals surface area contributed by atoms with Gasteiger partial charge in [0.2, 0.25) is 15.8 Å². The van der Waals surface area contributed by atoms with Crippen molar-refractivity contribution in [1.82, 2.24) is 4.31 Å². The average molecular weight is 302 g/mol. The molecule has 1 aliphatic rings. The van der Waals surface area contributed by atoms with Crippen molar-refractivity contribution in [2.75, 3.05) is 13.1 Å². The molecular formula is C12H15FN2O4S. The molecule has 0 aromatic heterocycles. The van der Waals surface area contributed by atoms with Gasteiger partial charge in [-0.15, -0.1) is 0 Å². The van der Waals surface area contributed by atoms with E-state index in [0.29, 0.717) is 19.2 Å². The molecule has 6 nitrogen and oxygen atoms in total. The first-order chi connectivity index (χ1) is 9.13. The Morgan fingerprint density at radius 2 is 2.05 bits per heavy atom. The number of nitro groups is 1. The van der Waals surface area contributed by atoms with Crippen LogP contribution < -0.4 is 0 Å². The van der Waals surface area contributed by atoms with Gasteiger partial charge in [-0.2, -0.15) is 8.70 Å². The highest BCUT2D eigenvalue weighted by atomic mass is 32.2. The van der Waals surface area contributed by atoms with E-state index in [1.54, 1.807) is 0 Å². The molecule has 1 aliphatic heterocycles. The van der Waals surface area contributed by atoms with Crippen LogP contribution in [0.2, 0.25) is 0 Å². The van der Waals surface area contributed by atoms with E-state index in [-0.39, 0.29) is 10.3 Å². The van der Waals surface area contributed by atoms with Crippen LogP contribution in [0.3, 0.4) is 0 Å². The van der Waals surface area contributed by atoms with Crippen molar-refractivity contribution in [3.05, 3.63) is 34.1 Å². The fourth-order valence-corrected chi connectivity index (χ4v) is 3.85. The molecule has 1 saturated heterocycles. The highest BCUT2D eigenvalue weighted by Crippen LogP contribution is 2.33. The van der Waals surface area contributed by atoms with Gasteiger partial charge in [-0.25, -0.2) is 8.42 Å². The van der Waals surface area contributed by atoms with Crippen molar-refractivity contribution < 1.29 is 17.7 Å². The van der Waals surface area contributed by atoms with Crippen LogP contribution in [-0.4, -0.2) is 30.7 Å². The van der Waals surface area contributed by atoms with Crippen molar-refractivity contribution in [2.24, 2.45) is 5.41 Å². The van der Waals surface area contributed by atoms with Gasteiger partial charge in [-0.3, -0.25) is 10.1 Å². The molecule has 0 unspecified atom stereocenters. The molecule has 0 atom stereocenters. The highest BCUT2D eigenvalue weighted by Gasteiger charge is 2.37. The standard InChI is InChI=1S/C12H15FN2O4S/c1-12(2)5-6-14(8-12)20(18,19)9-3-4-11(15(16)17)10(13)7-9/h3-4,7H,5-6,8H2,1-2H3. The van der Waals surface area contributed by atoms with Crippen LogP contribution >= 0.6 is 0 Å². The third kappa shape index (κ3) is 2.66. The molecule has 0 amide bonds. The van der Waals surface area contributed by atoms with E-state index in [4.69, 9.17) is 0 Å². The van der Waals surface area contributed by atoms with Crippen LogP contribution in [0.15, 0.2) is 23.1 Å². The molecule has 1 heterocycles. The average Bonchev–Trinajstić information content (AvgIpc) is 2.69. The van der Waals surface area contributed by atoms with Crippen LogP contribution in [0.25, 0.3) is 0 Å². The van der Waals surface area contributed by atoms with Gasteiger partial charge in [-0.1, -0.05) is 13.8 Å². The van der Waals surface area contributed by atoms with Crippen LogP contribution in [0.1, 0.15) is 20.3 Å². The fraction of sp³-hybridized carbons (Fsp3) is 0.500. The zero-order valence-electron chi connectivity index (χ0n) is 11.2. The molecule has 0 N–H and O–H groups in total. The third-order valence-electron chi connectivity index (χ3n) is 3.40. The molecule has 8 heteroatoms. The molecule has 0 radical (unpaired) electrons. The molecule has 0 aliphatic carbocycles. The molecule has 2 rings (SSSR count). The maximum Gasteiger partial charge on any atom is 0.304 e. The Kier molecular flexibility index (Phi) is 3.55. The van der Waals surface area contributed by atoms with E-state index >= 15 is 0 Å². The van der Waals surface area contributed by atoms with E-state index in [1.807, 2.05) is 13.8 Å². The number of nitrogens with zero attached hydrogens (tertiary/aromatic N) is 2. The summed E-state index contributed by atoms with van der Waals surface area (Å²) in [4.78, 5) is 9.39. The second-order valence-corrected chi connectivity index (χ2v) is 7.56. The molecule has 0 saturated carbocycles. The number of nitro benzene ring substituents is 1. The van der Waals surface area contributed by atoms with E-state index in [1.165, 1.54) is 4.31 Å². The van der Waals surface area contributed by atoms with Gasteiger partial charge in [0.1, 0.15) is 0 Å². The van der Waals surface area contributed by atoms with Crippen molar-refractivity contribution in [1.29, 1.82) is 0 Å². The summed E-state index contributed by atoms with van der Waals surface area (Å²) in [6, 6.07) is 2.66. The maximum atomic E-state index is 13.5. The number of rotatable bonds is 3. The normalized spacial score (nSPS) is 19.1. The molecule has 20 heavy (non-hydrogen) atoms. The lowest BCUT2D eigenvalue weighted by atomic mass is 9.93. The lowest BCUT2D eigenvalue weighted by Crippen LogP contribution is -2.30. The molecular weight excluding hydrogens is 287 g/mol. The first-order valence-corrected chi connectivity index (χ1v) is 7.52. The largest absolute Gasteiger partial charge is 0.304 e. The highest BCUT2D eigenvalue weighted by molar-refractivity contribution is 7.89. The monoisotopic (exact) mass is 302 g/mol. The molecule has 1 fully saturated rings. The van der Waals surface area contributed by atoms with Gasteiger partial charge in [-0.05, 0) is 17.9 Å². The Hall–Kier alpha value is -1.54. The molecule has 0 bridgehead atoms. The number of halogens is 1. The minimum Gasteiger partial charge on any atom is -0.258 e. The van der Waals surface area contributed by atoms with E-state index in [9.17, 15) is 22.9 Å². The Bertz CT molecular complexity index is 657. The Morgan fingerprint density at radius 3 is 2.50 bits per heavy atom. The summed E-state index contributed by atoms with van der Waals surface area (Å²) in [5, 5.41) is 10.5. The number of sulfonamides is 1. The zero-order valence-corrected chi connectivity index (χ0v) is 12.0. The summed E-state index contributed by atoms with van der Waals surface area (Å²) >= 11 is 0. The lowest BCUT2D eigenvalue weighted by molar-refractivity contribution is -0.387. The van der Waals surface area contributed by atoms with Gasteiger partial charge in [0.05, 0.1) is 9.82 Å². The molecule has 110 valence electrons. The summed E-state index contributed by atoms with van der Waals surface area (Å²) in [6.07, 6.45) is 0.724. The topological polar surface area (TPSA) is 80.5 Å². The number of hydrogen-bond donors (Lipinski definition) is 0. The Labute approximate surface area is 116 Å². The minimum atomic E-state index is -3.80. The van der Waals surface area contributed by atoms with Crippen LogP contribution in [0, 0.1) is 21.3 Å². The predicted octanol–water partition coefficient (Wildman–Crippen LogP) is 2.15. The predicted molar refractivity (Wildman–Crippen MR) is 70.2 cm³/mol. The number of hydrogen-bond acceptors (Lipinski definition) is 4. The van der Waals surface area contributed by atoms with Gasteiger partial charge >= 0.3 is 5.69 Å². The third-order valence-corrected chi connectivity index (χ3v) is 5.24. The van der Waals surface area contributed by atoms with Crippen molar-refractivity contribution >= 4 is 15.7 Å². The number of benzene rings is 1. The van der Waals surface area contributed by atoms with E-state index in [0.717, 1.165) is 18.6 Å². The van der Waals surface area contributed by atoms with Crippen molar-refractivity contribution in [3.63, 3.8) is 0 Å². The molecule has 1 aromatic carbocycles. The first kappa shape index (κ1) is 14.9. The van der Waals surface area contributed by atoms with Gasteiger partial charge in [0, 0.05) is 25.2 Å². The quantitative estimate of drug-likeness (QED) is 0.633. The summed E-state index contributed by atoms with van der Waals surface area (Å²) < 4.78 is 39.5. The maximum absolute atomic E-state index is 13.5. The smallest absolute Gasteiger partial charge is 0.258 e. The van der Waals surface area contributed by atoms with Gasteiger partial charge in [0.15, 0.2) is 0 Å². The fourth-order valence-electron chi connectivity index (χ4n) is 2.21. The van der Waals surface area contributed by atoms with Crippen LogP contribution in [0.4, 0.5) is 10.1 Å². The summed E-state index contributed by atoms with van der Waals surface area (Å²) in [5.74, 6) is -1.14. The van der Waals surface area contributed by atoms with Gasteiger partial charge in [0.25, 0.3) is 0 Å². The molecule has 0 spiro atoms. The summed E-state index contributed by atoms with van der Waals surface area (Å²) in [7, 11) is -3.80. The second kappa shape index (κ2) is 4.78. The van der Waals surface area contributed by atoms with Gasteiger partial charge < -0.3 is 0 Å². The Morgan fingerprint density at radius 1 is 1.40 bits per heavy atom. The SMILES string of the molecule is CC1(C)CCN(S(=O)(=O)c2ccc([N+](=O)[O-])c(F)c2)C1. The Balaban J connectivity index is 2.36. The van der Waals surface area contributed by atoms with Crippen LogP contribution in [0.5, 0.6) is 0 Å². The first-order valence-electron chi connectivity index (χ1n) is 6.08. The van der Waals surface area contributed by atoms with Crippen molar-refractivity contribution in [2.45, 2.75) is 25.2 Å². The lowest BCUT2D eigenvalue weighted by Gasteiger charge is -2.19. The molecule has 1 aromatic rings. The van der Waals surface area contributed by atoms with Crippen LogP contribution in [-0.2, 0) is 10.0 Å². The second-order valence-electron chi connectivity index (χ2n) is 5.62. The minimum absolute atomic E-state index is 0.119. The summed E-state index contributed by atoms with van der Waals surface area (Å²) in [5.41, 5.74) is -0.849. The van der Waals surface area contributed by atoms with E-state index < -0.39 is 26.5 Å². The zero-order chi connectivity index (χ0) is 15.1.